The molecule has 5 heteroatoms. The Labute approximate surface area is 153 Å². The molecule has 0 heterocycles. The number of aliphatic hydroxyl groups excluding tert-OH is 1. The molecule has 0 fully saturated rings. The summed E-state index contributed by atoms with van der Waals surface area (Å²) < 4.78 is 0. The highest BCUT2D eigenvalue weighted by Crippen LogP contribution is 2.36. The fourth-order valence-corrected chi connectivity index (χ4v) is 3.22. The van der Waals surface area contributed by atoms with Crippen molar-refractivity contribution >= 4 is 22.9 Å². The van der Waals surface area contributed by atoms with Gasteiger partial charge in [-0.25, -0.2) is 0 Å². The van der Waals surface area contributed by atoms with E-state index in [1.54, 1.807) is 24.3 Å². The predicted octanol–water partition coefficient (Wildman–Crippen LogP) is 3.47. The number of nitrogens with one attached hydrogen (secondary N) is 2. The number of aliphatic hydroxyl groups is 1. The first-order chi connectivity index (χ1) is 12.7. The Morgan fingerprint density at radius 3 is 1.77 bits per heavy atom. The highest BCUT2D eigenvalue weighted by Gasteiger charge is 2.33. The first-order valence-corrected chi connectivity index (χ1v) is 9.13. The van der Waals surface area contributed by atoms with Crippen molar-refractivity contribution in [2.24, 2.45) is 0 Å². The molecule has 0 saturated carbocycles. The van der Waals surface area contributed by atoms with Crippen molar-refractivity contribution in [3.05, 3.63) is 58.7 Å². The maximum atomic E-state index is 13.1. The van der Waals surface area contributed by atoms with E-state index in [1.807, 2.05) is 12.1 Å². The summed E-state index contributed by atoms with van der Waals surface area (Å²) in [6.07, 6.45) is 2.61. The van der Waals surface area contributed by atoms with Gasteiger partial charge in [0.2, 0.25) is 0 Å². The van der Waals surface area contributed by atoms with Gasteiger partial charge in [0.15, 0.2) is 11.6 Å². The lowest BCUT2D eigenvalue weighted by atomic mass is 9.82. The number of carbonyl (C=O) groups excluding carboxylic acids is 2. The maximum absolute atomic E-state index is 13.1. The number of anilines is 2. The summed E-state index contributed by atoms with van der Waals surface area (Å²) in [7, 11) is 0. The van der Waals surface area contributed by atoms with Crippen LogP contribution in [0.3, 0.4) is 0 Å². The van der Waals surface area contributed by atoms with E-state index < -0.39 is 0 Å². The Bertz CT molecular complexity index is 762. The molecule has 0 aliphatic heterocycles. The number of hydrogen-bond donors (Lipinski definition) is 3. The molecule has 1 aliphatic rings. The molecule has 0 saturated heterocycles. The van der Waals surface area contributed by atoms with Crippen LogP contribution in [0.15, 0.2) is 36.4 Å². The van der Waals surface area contributed by atoms with Crippen LogP contribution in [-0.2, 0) is 0 Å². The average molecular weight is 352 g/mol. The van der Waals surface area contributed by atoms with Crippen LogP contribution in [0.25, 0.3) is 0 Å². The first-order valence-electron chi connectivity index (χ1n) is 9.13. The molecule has 26 heavy (non-hydrogen) atoms. The second-order valence-electron chi connectivity index (χ2n) is 6.40. The van der Waals surface area contributed by atoms with Crippen LogP contribution < -0.4 is 10.6 Å². The number of fused-ring (bicyclic) bond motifs is 2. The molecule has 3 N–H and O–H groups in total. The Morgan fingerprint density at radius 1 is 0.808 bits per heavy atom. The van der Waals surface area contributed by atoms with E-state index in [2.05, 4.69) is 17.6 Å². The van der Waals surface area contributed by atoms with Crippen LogP contribution >= 0.6 is 0 Å². The lowest BCUT2D eigenvalue weighted by Crippen LogP contribution is -2.24. The van der Waals surface area contributed by atoms with Gasteiger partial charge in [-0.1, -0.05) is 37.6 Å². The van der Waals surface area contributed by atoms with E-state index in [9.17, 15) is 9.59 Å². The van der Waals surface area contributed by atoms with Crippen molar-refractivity contribution in [3.8, 4) is 0 Å². The van der Waals surface area contributed by atoms with Crippen molar-refractivity contribution in [1.29, 1.82) is 0 Å². The van der Waals surface area contributed by atoms with Crippen LogP contribution in [0.2, 0.25) is 0 Å². The van der Waals surface area contributed by atoms with Crippen LogP contribution in [-0.4, -0.2) is 36.4 Å². The quantitative estimate of drug-likeness (QED) is 0.541. The van der Waals surface area contributed by atoms with Crippen LogP contribution in [0.1, 0.15) is 58.0 Å². The fourth-order valence-electron chi connectivity index (χ4n) is 3.22. The maximum Gasteiger partial charge on any atom is 0.196 e. The number of ketones is 2. The molecule has 2 aromatic carbocycles. The standard InChI is InChI=1S/C21H24N2O3/c1-2-3-11-22-16-9-10-17(23-12-6-13-24)19-18(16)20(25)14-7-4-5-8-15(14)21(19)26/h4-5,7-10,22-24H,2-3,6,11-13H2,1H3. The molecule has 1 aliphatic carbocycles. The zero-order valence-corrected chi connectivity index (χ0v) is 15.0. The van der Waals surface area contributed by atoms with Gasteiger partial charge >= 0.3 is 0 Å². The normalized spacial score (nSPS) is 12.5. The molecule has 0 spiro atoms. The summed E-state index contributed by atoms with van der Waals surface area (Å²) in [4.78, 5) is 26.2. The topological polar surface area (TPSA) is 78.4 Å². The molecule has 0 bridgehead atoms. The minimum Gasteiger partial charge on any atom is -0.396 e. The van der Waals surface area contributed by atoms with Gasteiger partial charge < -0.3 is 15.7 Å². The largest absolute Gasteiger partial charge is 0.396 e. The molecular formula is C21H24N2O3. The van der Waals surface area contributed by atoms with Gasteiger partial charge in [0, 0.05) is 42.2 Å². The van der Waals surface area contributed by atoms with E-state index in [0.29, 0.717) is 46.6 Å². The van der Waals surface area contributed by atoms with E-state index >= 15 is 0 Å². The van der Waals surface area contributed by atoms with E-state index in [1.165, 1.54) is 0 Å². The van der Waals surface area contributed by atoms with Crippen molar-refractivity contribution < 1.29 is 14.7 Å². The zero-order valence-electron chi connectivity index (χ0n) is 15.0. The minimum atomic E-state index is -0.138. The summed E-state index contributed by atoms with van der Waals surface area (Å²) in [5.74, 6) is -0.263. The SMILES string of the molecule is CCCCNc1ccc(NCCCO)c2c1C(=O)c1ccccc1C2=O. The summed E-state index contributed by atoms with van der Waals surface area (Å²) in [5, 5.41) is 15.5. The second kappa shape index (κ2) is 8.15. The van der Waals surface area contributed by atoms with Crippen LogP contribution in [0.4, 0.5) is 11.4 Å². The highest BCUT2D eigenvalue weighted by atomic mass is 16.3. The number of hydrogen-bond acceptors (Lipinski definition) is 5. The smallest absolute Gasteiger partial charge is 0.196 e. The van der Waals surface area contributed by atoms with Crippen molar-refractivity contribution in [2.75, 3.05) is 30.3 Å². The highest BCUT2D eigenvalue weighted by molar-refractivity contribution is 6.31. The predicted molar refractivity (Wildman–Crippen MR) is 103 cm³/mol. The minimum absolute atomic E-state index is 0.0710. The zero-order chi connectivity index (χ0) is 18.5. The van der Waals surface area contributed by atoms with Crippen molar-refractivity contribution in [2.45, 2.75) is 26.2 Å². The Kier molecular flexibility index (Phi) is 5.68. The fraction of sp³-hybridized carbons (Fsp3) is 0.333. The Hall–Kier alpha value is -2.66. The van der Waals surface area contributed by atoms with Crippen LogP contribution in [0.5, 0.6) is 0 Å². The summed E-state index contributed by atoms with van der Waals surface area (Å²) in [6.45, 7) is 3.47. The van der Waals surface area contributed by atoms with Crippen molar-refractivity contribution in [1.82, 2.24) is 0 Å². The first kappa shape index (κ1) is 18.1. The number of carbonyl (C=O) groups is 2. The molecule has 2 aromatic rings. The Balaban J connectivity index is 2.07. The molecule has 0 unspecified atom stereocenters. The van der Waals surface area contributed by atoms with E-state index in [4.69, 9.17) is 5.11 Å². The third-order valence-electron chi connectivity index (χ3n) is 4.57. The van der Waals surface area contributed by atoms with Crippen LogP contribution in [0, 0.1) is 0 Å². The van der Waals surface area contributed by atoms with Gasteiger partial charge in [-0.05, 0) is 25.0 Å². The van der Waals surface area contributed by atoms with E-state index in [-0.39, 0.29) is 18.2 Å². The monoisotopic (exact) mass is 352 g/mol. The molecule has 3 rings (SSSR count). The third-order valence-corrected chi connectivity index (χ3v) is 4.57. The van der Waals surface area contributed by atoms with Gasteiger partial charge in [-0.2, -0.15) is 0 Å². The molecular weight excluding hydrogens is 328 g/mol. The van der Waals surface area contributed by atoms with Gasteiger partial charge in [0.1, 0.15) is 0 Å². The second-order valence-corrected chi connectivity index (χ2v) is 6.40. The summed E-state index contributed by atoms with van der Waals surface area (Å²) in [5.41, 5.74) is 3.11. The van der Waals surface area contributed by atoms with E-state index in [0.717, 1.165) is 19.4 Å². The van der Waals surface area contributed by atoms with Gasteiger partial charge in [0.25, 0.3) is 0 Å². The summed E-state index contributed by atoms with van der Waals surface area (Å²) in [6, 6.07) is 10.7. The number of rotatable bonds is 8. The lowest BCUT2D eigenvalue weighted by Gasteiger charge is -2.24. The molecule has 0 radical (unpaired) electrons. The van der Waals surface area contributed by atoms with Gasteiger partial charge in [-0.15, -0.1) is 0 Å². The Morgan fingerprint density at radius 2 is 1.31 bits per heavy atom. The lowest BCUT2D eigenvalue weighted by molar-refractivity contribution is 0.0980. The summed E-state index contributed by atoms with van der Waals surface area (Å²) >= 11 is 0. The van der Waals surface area contributed by atoms with Gasteiger partial charge in [-0.3, -0.25) is 9.59 Å². The molecule has 136 valence electrons. The molecule has 0 amide bonds. The molecule has 0 atom stereocenters. The average Bonchev–Trinajstić information content (AvgIpc) is 2.67. The molecule has 0 aromatic heterocycles. The number of unbranched alkanes of at least 4 members (excludes halogenated alkanes) is 1. The van der Waals surface area contributed by atoms with Gasteiger partial charge in [0.05, 0.1) is 11.1 Å². The molecule has 5 nitrogen and oxygen atoms in total. The number of benzene rings is 2. The third kappa shape index (κ3) is 3.35. The van der Waals surface area contributed by atoms with Crippen molar-refractivity contribution in [3.63, 3.8) is 0 Å².